The van der Waals surface area contributed by atoms with Crippen molar-refractivity contribution in [3.8, 4) is 0 Å². The van der Waals surface area contributed by atoms with E-state index in [4.69, 9.17) is 5.11 Å². The Morgan fingerprint density at radius 3 is 2.89 bits per heavy atom. The molecule has 6 heteroatoms. The van der Waals surface area contributed by atoms with E-state index in [0.29, 0.717) is 11.3 Å². The van der Waals surface area contributed by atoms with Gasteiger partial charge in [-0.15, -0.1) is 0 Å². The highest BCUT2D eigenvalue weighted by molar-refractivity contribution is 8.00. The van der Waals surface area contributed by atoms with E-state index in [2.05, 4.69) is 16.7 Å². The fourth-order valence-electron chi connectivity index (χ4n) is 2.28. The zero-order chi connectivity index (χ0) is 13.2. The number of carboxylic acid groups (broad SMARTS) is 1. The van der Waals surface area contributed by atoms with Gasteiger partial charge in [0, 0.05) is 24.9 Å². The molecule has 1 saturated carbocycles. The van der Waals surface area contributed by atoms with Crippen LogP contribution < -0.4 is 5.32 Å². The molecule has 0 radical (unpaired) electrons. The Labute approximate surface area is 111 Å². The van der Waals surface area contributed by atoms with Crippen molar-refractivity contribution < 1.29 is 9.90 Å². The predicted octanol–water partition coefficient (Wildman–Crippen LogP) is 1.49. The zero-order valence-corrected chi connectivity index (χ0v) is 11.6. The monoisotopic (exact) mass is 269 g/mol. The summed E-state index contributed by atoms with van der Waals surface area (Å²) < 4.78 is 1.99. The van der Waals surface area contributed by atoms with Crippen LogP contribution in [0, 0.1) is 0 Å². The summed E-state index contributed by atoms with van der Waals surface area (Å²) in [5, 5.41) is 16.4. The lowest BCUT2D eigenvalue weighted by Crippen LogP contribution is -2.43. The van der Waals surface area contributed by atoms with Gasteiger partial charge in [0.1, 0.15) is 5.56 Å². The van der Waals surface area contributed by atoms with E-state index >= 15 is 0 Å². The van der Waals surface area contributed by atoms with Gasteiger partial charge in [0.05, 0.1) is 11.9 Å². The average molecular weight is 269 g/mol. The molecule has 0 aliphatic heterocycles. The molecule has 1 fully saturated rings. The fraction of sp³-hybridized carbons (Fsp3) is 0.667. The smallest absolute Gasteiger partial charge is 0.339 e. The Bertz CT molecular complexity index is 435. The van der Waals surface area contributed by atoms with Gasteiger partial charge in [-0.05, 0) is 19.1 Å². The highest BCUT2D eigenvalue weighted by Crippen LogP contribution is 2.42. The molecule has 2 N–H and O–H groups in total. The van der Waals surface area contributed by atoms with Crippen LogP contribution in [0.15, 0.2) is 6.20 Å². The number of nitrogens with zero attached hydrogens (tertiary/aromatic N) is 2. The second-order valence-electron chi connectivity index (χ2n) is 4.78. The van der Waals surface area contributed by atoms with Crippen molar-refractivity contribution in [1.82, 2.24) is 15.1 Å². The number of thioether (sulfide) groups is 1. The predicted molar refractivity (Wildman–Crippen MR) is 72.0 cm³/mol. The molecule has 1 aliphatic rings. The molecule has 1 aromatic rings. The molecular weight excluding hydrogens is 250 g/mol. The van der Waals surface area contributed by atoms with Crippen molar-refractivity contribution in [2.45, 2.75) is 30.6 Å². The maximum atomic E-state index is 11.0. The Morgan fingerprint density at radius 1 is 1.67 bits per heavy atom. The van der Waals surface area contributed by atoms with Gasteiger partial charge >= 0.3 is 5.97 Å². The highest BCUT2D eigenvalue weighted by Gasteiger charge is 2.35. The summed E-state index contributed by atoms with van der Waals surface area (Å²) in [5.41, 5.74) is 1.02. The summed E-state index contributed by atoms with van der Waals surface area (Å²) in [6, 6.07) is 0. The van der Waals surface area contributed by atoms with Crippen molar-refractivity contribution in [3.63, 3.8) is 0 Å². The van der Waals surface area contributed by atoms with Crippen molar-refractivity contribution in [1.29, 1.82) is 0 Å². The molecule has 1 aliphatic carbocycles. The number of aromatic nitrogens is 2. The summed E-state index contributed by atoms with van der Waals surface area (Å²) in [7, 11) is 1.77. The first-order valence-corrected chi connectivity index (χ1v) is 7.30. The molecule has 1 aromatic heterocycles. The molecule has 0 bridgehead atoms. The number of aromatic carboxylic acids is 1. The van der Waals surface area contributed by atoms with Crippen LogP contribution in [0.1, 0.15) is 35.3 Å². The number of carbonyl (C=O) groups is 1. The van der Waals surface area contributed by atoms with Crippen molar-refractivity contribution in [2.24, 2.45) is 7.05 Å². The zero-order valence-electron chi connectivity index (χ0n) is 10.8. The van der Waals surface area contributed by atoms with Gasteiger partial charge in [0.2, 0.25) is 0 Å². The summed E-state index contributed by atoms with van der Waals surface area (Å²) in [5.74, 6) is -0.914. The van der Waals surface area contributed by atoms with Gasteiger partial charge < -0.3 is 10.4 Å². The number of nitrogens with one attached hydrogen (secondary N) is 1. The van der Waals surface area contributed by atoms with Gasteiger partial charge in [0.25, 0.3) is 0 Å². The third-order valence-electron chi connectivity index (χ3n) is 3.73. The molecule has 100 valence electrons. The maximum absolute atomic E-state index is 11.0. The van der Waals surface area contributed by atoms with Crippen LogP contribution in [0.4, 0.5) is 0 Å². The molecule has 0 amide bonds. The van der Waals surface area contributed by atoms with E-state index in [1.54, 1.807) is 11.7 Å². The molecule has 18 heavy (non-hydrogen) atoms. The first kappa shape index (κ1) is 13.4. The molecule has 0 saturated heterocycles. The minimum atomic E-state index is -0.914. The van der Waals surface area contributed by atoms with Crippen molar-refractivity contribution in [2.75, 3.05) is 12.8 Å². The molecule has 5 nitrogen and oxygen atoms in total. The molecule has 0 spiro atoms. The number of carboxylic acids is 1. The number of hydrogen-bond donors (Lipinski definition) is 2. The molecular formula is C12H19N3O2S. The van der Waals surface area contributed by atoms with Crippen LogP contribution in [0.2, 0.25) is 0 Å². The van der Waals surface area contributed by atoms with Crippen LogP contribution >= 0.6 is 11.8 Å². The van der Waals surface area contributed by atoms with E-state index in [1.807, 2.05) is 11.8 Å². The standard InChI is InChI=1S/C12H19N3O2S/c1-15-10(9(6-14-15)11(16)17)7-13-8-12(18-2)4-3-5-12/h6,13H,3-5,7-8H2,1-2H3,(H,16,17). The molecule has 0 atom stereocenters. The lowest BCUT2D eigenvalue weighted by Gasteiger charge is -2.40. The van der Waals surface area contributed by atoms with Crippen LogP contribution in [0.3, 0.4) is 0 Å². The van der Waals surface area contributed by atoms with Gasteiger partial charge in [-0.2, -0.15) is 16.9 Å². The first-order valence-electron chi connectivity index (χ1n) is 6.08. The van der Waals surface area contributed by atoms with E-state index in [-0.39, 0.29) is 5.56 Å². The second kappa shape index (κ2) is 5.32. The average Bonchev–Trinajstić information content (AvgIpc) is 2.64. The lowest BCUT2D eigenvalue weighted by molar-refractivity contribution is 0.0695. The largest absolute Gasteiger partial charge is 0.478 e. The minimum absolute atomic E-state index is 0.289. The molecule has 1 heterocycles. The van der Waals surface area contributed by atoms with E-state index in [0.717, 1.165) is 12.2 Å². The fourth-order valence-corrected chi connectivity index (χ4v) is 3.23. The van der Waals surface area contributed by atoms with E-state index in [9.17, 15) is 4.79 Å². The van der Waals surface area contributed by atoms with Crippen molar-refractivity contribution >= 4 is 17.7 Å². The summed E-state index contributed by atoms with van der Waals surface area (Å²) in [6.45, 7) is 1.48. The first-order chi connectivity index (χ1) is 8.58. The number of hydrogen-bond acceptors (Lipinski definition) is 4. The third kappa shape index (κ3) is 2.54. The van der Waals surface area contributed by atoms with Gasteiger partial charge in [-0.3, -0.25) is 4.68 Å². The SMILES string of the molecule is CSC1(CNCc2c(C(=O)O)cnn2C)CCC1. The summed E-state index contributed by atoms with van der Waals surface area (Å²) >= 11 is 1.91. The Kier molecular flexibility index (Phi) is 3.97. The molecule has 2 rings (SSSR count). The van der Waals surface area contributed by atoms with E-state index in [1.165, 1.54) is 25.5 Å². The summed E-state index contributed by atoms with van der Waals surface area (Å²) in [4.78, 5) is 11.0. The van der Waals surface area contributed by atoms with Crippen LogP contribution in [0.5, 0.6) is 0 Å². The quantitative estimate of drug-likeness (QED) is 0.819. The summed E-state index contributed by atoms with van der Waals surface area (Å²) in [6.07, 6.45) is 7.35. The van der Waals surface area contributed by atoms with Crippen LogP contribution in [-0.4, -0.2) is 38.4 Å². The van der Waals surface area contributed by atoms with Gasteiger partial charge in [-0.25, -0.2) is 4.79 Å². The highest BCUT2D eigenvalue weighted by atomic mass is 32.2. The van der Waals surface area contributed by atoms with Gasteiger partial charge in [-0.1, -0.05) is 6.42 Å². The Balaban J connectivity index is 1.94. The van der Waals surface area contributed by atoms with E-state index < -0.39 is 5.97 Å². The normalized spacial score (nSPS) is 17.4. The molecule has 0 unspecified atom stereocenters. The Morgan fingerprint density at radius 2 is 2.39 bits per heavy atom. The second-order valence-corrected chi connectivity index (χ2v) is 6.05. The maximum Gasteiger partial charge on any atom is 0.339 e. The van der Waals surface area contributed by atoms with Crippen LogP contribution in [-0.2, 0) is 13.6 Å². The van der Waals surface area contributed by atoms with Crippen LogP contribution in [0.25, 0.3) is 0 Å². The van der Waals surface area contributed by atoms with Crippen molar-refractivity contribution in [3.05, 3.63) is 17.5 Å². The third-order valence-corrected chi connectivity index (χ3v) is 5.15. The number of rotatable bonds is 6. The molecule has 0 aromatic carbocycles. The van der Waals surface area contributed by atoms with Gasteiger partial charge in [0.15, 0.2) is 0 Å². The number of aryl methyl sites for hydroxylation is 1. The lowest BCUT2D eigenvalue weighted by atomic mass is 9.84. The topological polar surface area (TPSA) is 67.2 Å². The minimum Gasteiger partial charge on any atom is -0.478 e. The Hall–Kier alpha value is -1.01.